The number of ketones is 1. The third-order valence-corrected chi connectivity index (χ3v) is 6.47. The van der Waals surface area contributed by atoms with Crippen LogP contribution in [0.15, 0.2) is 42.5 Å². The molecule has 0 unspecified atom stereocenters. The van der Waals surface area contributed by atoms with Gasteiger partial charge in [0, 0.05) is 40.0 Å². The summed E-state index contributed by atoms with van der Waals surface area (Å²) in [4.78, 5) is 23.1. The summed E-state index contributed by atoms with van der Waals surface area (Å²) in [6.45, 7) is 5.94. The molecule has 1 aliphatic rings. The lowest BCUT2D eigenvalue weighted by Gasteiger charge is -2.19. The van der Waals surface area contributed by atoms with Gasteiger partial charge >= 0.3 is 0 Å². The van der Waals surface area contributed by atoms with Crippen LogP contribution in [0.25, 0.3) is 0 Å². The number of nitriles is 1. The van der Waals surface area contributed by atoms with Crippen molar-refractivity contribution in [1.29, 1.82) is 10.7 Å². The highest BCUT2D eigenvalue weighted by Crippen LogP contribution is 2.26. The predicted octanol–water partition coefficient (Wildman–Crippen LogP) is 6.74. The van der Waals surface area contributed by atoms with Gasteiger partial charge in [-0.15, -0.1) is 0 Å². The van der Waals surface area contributed by atoms with Crippen molar-refractivity contribution < 1.29 is 9.59 Å². The third-order valence-electron chi connectivity index (χ3n) is 6.47. The summed E-state index contributed by atoms with van der Waals surface area (Å²) in [5.41, 5.74) is 9.29. The molecule has 0 aliphatic heterocycles. The zero-order valence-corrected chi connectivity index (χ0v) is 21.2. The third kappa shape index (κ3) is 8.36. The normalized spacial score (nSPS) is 13.0. The Balaban J connectivity index is 0.000000456. The Morgan fingerprint density at radius 1 is 1.11 bits per heavy atom. The molecule has 1 amide bonds. The smallest absolute Gasteiger partial charge is 0.255 e. The quantitative estimate of drug-likeness (QED) is 0.275. The van der Waals surface area contributed by atoms with Crippen LogP contribution in [0, 0.1) is 28.6 Å². The molecule has 35 heavy (non-hydrogen) atoms. The van der Waals surface area contributed by atoms with Crippen LogP contribution in [0.1, 0.15) is 93.6 Å². The van der Waals surface area contributed by atoms with Crippen molar-refractivity contribution in [2.24, 2.45) is 11.8 Å². The van der Waals surface area contributed by atoms with Crippen molar-refractivity contribution in [3.63, 3.8) is 0 Å². The number of nitrogens with one attached hydrogen (secondary N) is 2. The molecular weight excluding hydrogens is 436 g/mol. The molecule has 1 aliphatic carbocycles. The van der Waals surface area contributed by atoms with Crippen LogP contribution in [0.4, 0.5) is 11.4 Å². The average Bonchev–Trinajstić information content (AvgIpc) is 3.41. The van der Waals surface area contributed by atoms with Crippen molar-refractivity contribution in [2.45, 2.75) is 72.1 Å². The summed E-state index contributed by atoms with van der Waals surface area (Å²) in [5, 5.41) is 20.4. The van der Waals surface area contributed by atoms with Crippen LogP contribution in [0.3, 0.4) is 0 Å². The minimum atomic E-state index is -0.298. The van der Waals surface area contributed by atoms with E-state index >= 15 is 0 Å². The second kappa shape index (κ2) is 14.1. The zero-order chi connectivity index (χ0) is 25.8. The van der Waals surface area contributed by atoms with Gasteiger partial charge in [-0.25, -0.2) is 0 Å². The van der Waals surface area contributed by atoms with E-state index in [2.05, 4.69) is 19.2 Å². The number of Topliss-reactive ketones (excluding diaryl/α,β-unsaturated/α-hetero) is 1. The van der Waals surface area contributed by atoms with Crippen molar-refractivity contribution in [3.8, 4) is 6.07 Å². The van der Waals surface area contributed by atoms with Gasteiger partial charge < -0.3 is 16.5 Å². The second-order valence-electron chi connectivity index (χ2n) is 9.23. The van der Waals surface area contributed by atoms with Crippen LogP contribution >= 0.6 is 0 Å². The Bertz CT molecular complexity index is 1060. The molecule has 6 nitrogen and oxygen atoms in total. The fourth-order valence-corrected chi connectivity index (χ4v) is 4.48. The molecule has 0 spiro atoms. The standard InChI is InChI=1S/C22H26N4O.C7H12O/c1-3-6-16(7-4-2)21(25)19-13-18(10-11-20(19)24)26-22(27)17-9-5-8-15(12-17)14-23;1-6(8)7-4-2-3-5-7/h5,8-13,16,25H,3-4,6-7,24H2,1-2H3,(H,26,27);7H,2-5H2,1H3. The monoisotopic (exact) mass is 474 g/mol. The topological polar surface area (TPSA) is 120 Å². The summed E-state index contributed by atoms with van der Waals surface area (Å²) < 4.78 is 0. The molecule has 2 aromatic rings. The zero-order valence-electron chi connectivity index (χ0n) is 21.2. The molecule has 4 N–H and O–H groups in total. The lowest BCUT2D eigenvalue weighted by Crippen LogP contribution is -2.18. The number of amides is 1. The summed E-state index contributed by atoms with van der Waals surface area (Å²) in [7, 11) is 0. The van der Waals surface area contributed by atoms with Gasteiger partial charge in [-0.2, -0.15) is 5.26 Å². The number of hydrogen-bond donors (Lipinski definition) is 3. The summed E-state index contributed by atoms with van der Waals surface area (Å²) in [5.74, 6) is 0.686. The van der Waals surface area contributed by atoms with E-state index in [0.717, 1.165) is 38.5 Å². The van der Waals surface area contributed by atoms with Crippen LogP contribution in [-0.2, 0) is 4.79 Å². The fraction of sp³-hybridized carbons (Fsp3) is 0.448. The molecular formula is C29H38N4O2. The van der Waals surface area contributed by atoms with Crippen LogP contribution in [-0.4, -0.2) is 17.4 Å². The first-order valence-electron chi connectivity index (χ1n) is 12.6. The molecule has 0 atom stereocenters. The van der Waals surface area contributed by atoms with Crippen LogP contribution in [0.5, 0.6) is 0 Å². The van der Waals surface area contributed by atoms with Gasteiger partial charge in [-0.1, -0.05) is 45.6 Å². The fourth-order valence-electron chi connectivity index (χ4n) is 4.48. The van der Waals surface area contributed by atoms with Crippen molar-refractivity contribution in [2.75, 3.05) is 11.1 Å². The van der Waals surface area contributed by atoms with E-state index in [0.29, 0.717) is 45.5 Å². The molecule has 3 rings (SSSR count). The Labute approximate surface area is 209 Å². The van der Waals surface area contributed by atoms with E-state index in [1.54, 1.807) is 49.4 Å². The number of benzene rings is 2. The summed E-state index contributed by atoms with van der Waals surface area (Å²) >= 11 is 0. The van der Waals surface area contributed by atoms with E-state index in [4.69, 9.17) is 16.4 Å². The molecule has 0 aromatic heterocycles. The second-order valence-corrected chi connectivity index (χ2v) is 9.23. The minimum Gasteiger partial charge on any atom is -0.398 e. The highest BCUT2D eigenvalue weighted by Gasteiger charge is 2.19. The van der Waals surface area contributed by atoms with Gasteiger partial charge in [0.15, 0.2) is 0 Å². The molecule has 1 fully saturated rings. The SMILES string of the molecule is CC(=O)C1CCCC1.CCCC(CCC)C(=N)c1cc(NC(=O)c2cccc(C#N)c2)ccc1N. The Morgan fingerprint density at radius 2 is 1.77 bits per heavy atom. The van der Waals surface area contributed by atoms with Crippen LogP contribution in [0.2, 0.25) is 0 Å². The van der Waals surface area contributed by atoms with E-state index < -0.39 is 0 Å². The Morgan fingerprint density at radius 3 is 2.31 bits per heavy atom. The maximum absolute atomic E-state index is 12.5. The molecule has 186 valence electrons. The van der Waals surface area contributed by atoms with Crippen molar-refractivity contribution in [1.82, 2.24) is 0 Å². The molecule has 0 saturated heterocycles. The highest BCUT2D eigenvalue weighted by atomic mass is 16.1. The van der Waals surface area contributed by atoms with Gasteiger partial charge in [0.1, 0.15) is 5.78 Å². The maximum Gasteiger partial charge on any atom is 0.255 e. The van der Waals surface area contributed by atoms with E-state index in [9.17, 15) is 9.59 Å². The molecule has 2 aromatic carbocycles. The summed E-state index contributed by atoms with van der Waals surface area (Å²) in [6.07, 6.45) is 8.75. The largest absolute Gasteiger partial charge is 0.398 e. The Hall–Kier alpha value is -3.46. The first kappa shape index (κ1) is 27.8. The van der Waals surface area contributed by atoms with Crippen molar-refractivity contribution >= 4 is 28.8 Å². The number of carbonyl (C=O) groups is 2. The number of nitrogens with zero attached hydrogens (tertiary/aromatic N) is 1. The van der Waals surface area contributed by atoms with Crippen molar-refractivity contribution in [3.05, 3.63) is 59.2 Å². The van der Waals surface area contributed by atoms with Gasteiger partial charge in [-0.3, -0.25) is 9.59 Å². The number of hydrogen-bond acceptors (Lipinski definition) is 5. The lowest BCUT2D eigenvalue weighted by atomic mass is 9.88. The number of nitrogen functional groups attached to an aromatic ring is 1. The number of anilines is 2. The van der Waals surface area contributed by atoms with Gasteiger partial charge in [0.25, 0.3) is 5.91 Å². The van der Waals surface area contributed by atoms with E-state index in [1.165, 1.54) is 12.8 Å². The molecule has 1 saturated carbocycles. The minimum absolute atomic E-state index is 0.167. The number of carbonyl (C=O) groups excluding carboxylic acids is 2. The number of rotatable bonds is 9. The van der Waals surface area contributed by atoms with E-state index in [-0.39, 0.29) is 11.8 Å². The highest BCUT2D eigenvalue weighted by molar-refractivity contribution is 6.08. The maximum atomic E-state index is 12.5. The summed E-state index contributed by atoms with van der Waals surface area (Å²) in [6, 6.07) is 13.8. The predicted molar refractivity (Wildman–Crippen MR) is 143 cm³/mol. The van der Waals surface area contributed by atoms with Gasteiger partial charge in [0.2, 0.25) is 0 Å². The van der Waals surface area contributed by atoms with E-state index in [1.807, 2.05) is 6.07 Å². The number of nitrogens with two attached hydrogens (primary N) is 1. The first-order chi connectivity index (χ1) is 16.8. The average molecular weight is 475 g/mol. The molecule has 6 heteroatoms. The lowest BCUT2D eigenvalue weighted by molar-refractivity contribution is -0.120. The van der Waals surface area contributed by atoms with Gasteiger partial charge in [0.05, 0.1) is 11.6 Å². The molecule has 0 heterocycles. The first-order valence-corrected chi connectivity index (χ1v) is 12.6. The van der Waals surface area contributed by atoms with Gasteiger partial charge in [-0.05, 0) is 69.0 Å². The molecule has 0 radical (unpaired) electrons. The Kier molecular flexibility index (Phi) is 11.2. The van der Waals surface area contributed by atoms with Crippen LogP contribution < -0.4 is 11.1 Å². The molecule has 0 bridgehead atoms.